The second kappa shape index (κ2) is 6.75. The number of fused-ring (bicyclic) bond motifs is 1. The number of para-hydroxylation sites is 1. The Labute approximate surface area is 120 Å². The van der Waals surface area contributed by atoms with Gasteiger partial charge in [0.05, 0.1) is 6.10 Å². The number of anilines is 1. The minimum Gasteiger partial charge on any atom is -0.391 e. The van der Waals surface area contributed by atoms with Crippen LogP contribution in [-0.4, -0.2) is 29.7 Å². The molecule has 0 spiro atoms. The quantitative estimate of drug-likeness (QED) is 0.744. The first kappa shape index (κ1) is 14.9. The third-order valence-corrected chi connectivity index (χ3v) is 4.17. The summed E-state index contributed by atoms with van der Waals surface area (Å²) in [6.07, 6.45) is 2.11. The number of rotatable bonds is 6. The van der Waals surface area contributed by atoms with Crippen molar-refractivity contribution in [2.45, 2.75) is 45.3 Å². The molecule has 0 aromatic heterocycles. The van der Waals surface area contributed by atoms with Gasteiger partial charge in [-0.2, -0.15) is 0 Å². The molecular formula is C16H24N2O2. The van der Waals surface area contributed by atoms with Crippen molar-refractivity contribution in [3.05, 3.63) is 29.8 Å². The molecule has 1 aliphatic rings. The van der Waals surface area contributed by atoms with Crippen LogP contribution < -0.4 is 10.6 Å². The van der Waals surface area contributed by atoms with Crippen LogP contribution in [0.4, 0.5) is 5.69 Å². The summed E-state index contributed by atoms with van der Waals surface area (Å²) in [5, 5.41) is 16.1. The number of benzene rings is 1. The molecule has 4 heteroatoms. The van der Waals surface area contributed by atoms with Crippen LogP contribution in [0.15, 0.2) is 24.3 Å². The van der Waals surface area contributed by atoms with Crippen molar-refractivity contribution in [2.24, 2.45) is 5.92 Å². The van der Waals surface area contributed by atoms with Crippen molar-refractivity contribution >= 4 is 11.6 Å². The minimum atomic E-state index is -0.460. The molecule has 20 heavy (non-hydrogen) atoms. The smallest absolute Gasteiger partial charge is 0.242 e. The molecule has 3 N–H and O–H groups in total. The first-order valence-electron chi connectivity index (χ1n) is 7.45. The van der Waals surface area contributed by atoms with Crippen molar-refractivity contribution < 1.29 is 9.90 Å². The normalized spacial score (nSPS) is 18.5. The Morgan fingerprint density at radius 3 is 2.75 bits per heavy atom. The van der Waals surface area contributed by atoms with Crippen LogP contribution in [0.2, 0.25) is 0 Å². The summed E-state index contributed by atoms with van der Waals surface area (Å²) >= 11 is 0. The molecule has 0 bridgehead atoms. The molecule has 1 amide bonds. The predicted octanol–water partition coefficient (Wildman–Crippen LogP) is 1.94. The zero-order valence-corrected chi connectivity index (χ0v) is 12.2. The van der Waals surface area contributed by atoms with Crippen LogP contribution in [0.25, 0.3) is 0 Å². The lowest BCUT2D eigenvalue weighted by Crippen LogP contribution is -2.43. The first-order valence-corrected chi connectivity index (χ1v) is 7.45. The van der Waals surface area contributed by atoms with Crippen molar-refractivity contribution in [3.63, 3.8) is 0 Å². The maximum absolute atomic E-state index is 12.1. The third-order valence-electron chi connectivity index (χ3n) is 4.17. The van der Waals surface area contributed by atoms with Gasteiger partial charge < -0.3 is 15.7 Å². The maximum Gasteiger partial charge on any atom is 0.242 e. The first-order chi connectivity index (χ1) is 9.65. The fourth-order valence-electron chi connectivity index (χ4n) is 2.78. The summed E-state index contributed by atoms with van der Waals surface area (Å²) in [5.74, 6) is 0.218. The van der Waals surface area contributed by atoms with Crippen molar-refractivity contribution in [2.75, 3.05) is 11.9 Å². The average Bonchev–Trinajstić information content (AvgIpc) is 2.90. The van der Waals surface area contributed by atoms with E-state index in [1.807, 2.05) is 24.3 Å². The van der Waals surface area contributed by atoms with E-state index in [9.17, 15) is 9.90 Å². The number of hydrogen-bond acceptors (Lipinski definition) is 3. The number of nitrogens with one attached hydrogen (secondary N) is 2. The fourth-order valence-corrected chi connectivity index (χ4v) is 2.78. The Kier molecular flexibility index (Phi) is 5.01. The highest BCUT2D eigenvalue weighted by Gasteiger charge is 2.27. The van der Waals surface area contributed by atoms with Crippen LogP contribution in [0, 0.1) is 5.92 Å². The summed E-state index contributed by atoms with van der Waals surface area (Å²) in [4.78, 5) is 12.1. The average molecular weight is 276 g/mol. The molecule has 1 unspecified atom stereocenters. The second-order valence-corrected chi connectivity index (χ2v) is 5.45. The molecule has 2 rings (SSSR count). The lowest BCUT2D eigenvalue weighted by Gasteiger charge is -2.21. The fraction of sp³-hybridized carbons (Fsp3) is 0.562. The van der Waals surface area contributed by atoms with Gasteiger partial charge in [-0.05, 0) is 17.5 Å². The molecule has 1 aliphatic heterocycles. The summed E-state index contributed by atoms with van der Waals surface area (Å²) < 4.78 is 0. The van der Waals surface area contributed by atoms with E-state index >= 15 is 0 Å². The monoisotopic (exact) mass is 276 g/mol. The van der Waals surface area contributed by atoms with E-state index in [0.717, 1.165) is 18.5 Å². The highest BCUT2D eigenvalue weighted by molar-refractivity contribution is 5.87. The lowest BCUT2D eigenvalue weighted by atomic mass is 9.96. The standard InChI is InChI=1S/C16H24N2O2/c1-3-11(4-2)15(19)10-17-16(20)14-9-12-7-5-6-8-13(12)18-14/h5-8,11,14-15,18-19H,3-4,9-10H2,1-2H3,(H,17,20)/t14-,15?/m0/s1. The second-order valence-electron chi connectivity index (χ2n) is 5.45. The number of hydrogen-bond donors (Lipinski definition) is 3. The Bertz CT molecular complexity index is 433. The SMILES string of the molecule is CCC(CC)C(O)CNC(=O)[C@@H]1Cc2ccccc2N1. The van der Waals surface area contributed by atoms with Crippen LogP contribution in [0.1, 0.15) is 32.3 Å². The molecule has 1 aromatic rings. The van der Waals surface area contributed by atoms with Crippen LogP contribution in [0.3, 0.4) is 0 Å². The van der Waals surface area contributed by atoms with Gasteiger partial charge in [0.15, 0.2) is 0 Å². The third kappa shape index (κ3) is 3.31. The molecule has 0 aliphatic carbocycles. The minimum absolute atomic E-state index is 0.0359. The van der Waals surface area contributed by atoms with E-state index in [-0.39, 0.29) is 17.9 Å². The Morgan fingerprint density at radius 2 is 2.10 bits per heavy atom. The molecule has 0 saturated heterocycles. The van der Waals surface area contributed by atoms with E-state index < -0.39 is 6.10 Å². The number of carbonyl (C=O) groups excluding carboxylic acids is 1. The summed E-state index contributed by atoms with van der Waals surface area (Å²) in [6, 6.07) is 7.75. The molecule has 0 saturated carbocycles. The van der Waals surface area contributed by atoms with Gasteiger partial charge in [0.1, 0.15) is 6.04 Å². The molecule has 0 fully saturated rings. The van der Waals surface area contributed by atoms with Crippen LogP contribution in [-0.2, 0) is 11.2 Å². The number of aliphatic hydroxyl groups is 1. The largest absolute Gasteiger partial charge is 0.391 e. The van der Waals surface area contributed by atoms with E-state index in [1.54, 1.807) is 0 Å². The Morgan fingerprint density at radius 1 is 1.40 bits per heavy atom. The van der Waals surface area contributed by atoms with Crippen molar-refractivity contribution in [3.8, 4) is 0 Å². The van der Waals surface area contributed by atoms with Gasteiger partial charge in [0, 0.05) is 18.7 Å². The highest BCUT2D eigenvalue weighted by Crippen LogP contribution is 2.25. The molecule has 1 heterocycles. The van der Waals surface area contributed by atoms with Gasteiger partial charge in [-0.1, -0.05) is 44.9 Å². The zero-order valence-electron chi connectivity index (χ0n) is 12.2. The summed E-state index contributed by atoms with van der Waals surface area (Å²) in [5.41, 5.74) is 2.21. The summed E-state index contributed by atoms with van der Waals surface area (Å²) in [7, 11) is 0. The van der Waals surface area contributed by atoms with Crippen molar-refractivity contribution in [1.29, 1.82) is 0 Å². The van der Waals surface area contributed by atoms with Gasteiger partial charge in [-0.25, -0.2) is 0 Å². The van der Waals surface area contributed by atoms with Gasteiger partial charge >= 0.3 is 0 Å². The van der Waals surface area contributed by atoms with Gasteiger partial charge in [-0.15, -0.1) is 0 Å². The topological polar surface area (TPSA) is 61.4 Å². The maximum atomic E-state index is 12.1. The van der Waals surface area contributed by atoms with Gasteiger partial charge in [0.2, 0.25) is 5.91 Å². The molecule has 110 valence electrons. The highest BCUT2D eigenvalue weighted by atomic mass is 16.3. The zero-order chi connectivity index (χ0) is 14.5. The predicted molar refractivity (Wildman–Crippen MR) is 80.6 cm³/mol. The number of amides is 1. The molecule has 2 atom stereocenters. The Hall–Kier alpha value is -1.55. The van der Waals surface area contributed by atoms with Crippen LogP contribution >= 0.6 is 0 Å². The lowest BCUT2D eigenvalue weighted by molar-refractivity contribution is -0.122. The van der Waals surface area contributed by atoms with Gasteiger partial charge in [-0.3, -0.25) is 4.79 Å². The van der Waals surface area contributed by atoms with E-state index in [2.05, 4.69) is 24.5 Å². The number of carbonyl (C=O) groups is 1. The molecule has 0 radical (unpaired) electrons. The molecule has 1 aromatic carbocycles. The van der Waals surface area contributed by atoms with E-state index in [4.69, 9.17) is 0 Å². The van der Waals surface area contributed by atoms with E-state index in [1.165, 1.54) is 5.56 Å². The van der Waals surface area contributed by atoms with Gasteiger partial charge in [0.25, 0.3) is 0 Å². The molecule has 4 nitrogen and oxygen atoms in total. The number of aliphatic hydroxyl groups excluding tert-OH is 1. The summed E-state index contributed by atoms with van der Waals surface area (Å²) in [6.45, 7) is 4.46. The molecular weight excluding hydrogens is 252 g/mol. The van der Waals surface area contributed by atoms with E-state index in [0.29, 0.717) is 13.0 Å². The van der Waals surface area contributed by atoms with Crippen LogP contribution in [0.5, 0.6) is 0 Å². The van der Waals surface area contributed by atoms with Crippen molar-refractivity contribution in [1.82, 2.24) is 5.32 Å². The Balaban J connectivity index is 1.82.